The Labute approximate surface area is 123 Å². The van der Waals surface area contributed by atoms with Crippen molar-refractivity contribution in [3.05, 3.63) is 12.1 Å². The van der Waals surface area contributed by atoms with E-state index in [-0.39, 0.29) is 4.90 Å². The van der Waals surface area contributed by atoms with Crippen molar-refractivity contribution in [3.63, 3.8) is 0 Å². The highest BCUT2D eigenvalue weighted by molar-refractivity contribution is 7.87. The van der Waals surface area contributed by atoms with Crippen LogP contribution in [0.5, 0.6) is 5.75 Å². The molecule has 7 heteroatoms. The van der Waals surface area contributed by atoms with E-state index in [1.54, 1.807) is 19.2 Å². The zero-order valence-electron chi connectivity index (χ0n) is 13.2. The summed E-state index contributed by atoms with van der Waals surface area (Å²) in [6, 6.07) is 3.37. The molecule has 0 aliphatic carbocycles. The second kappa shape index (κ2) is 5.27. The summed E-state index contributed by atoms with van der Waals surface area (Å²) in [4.78, 5) is -0.100. The van der Waals surface area contributed by atoms with Gasteiger partial charge in [0, 0.05) is 0 Å². The molecular weight excluding hydrogens is 311 g/mol. The van der Waals surface area contributed by atoms with Crippen LogP contribution in [0.2, 0.25) is 39.3 Å². The van der Waals surface area contributed by atoms with Gasteiger partial charge in [-0.25, -0.2) is 0 Å². The van der Waals surface area contributed by atoms with Crippen LogP contribution in [0.3, 0.4) is 0 Å². The molecule has 114 valence electrons. The van der Waals surface area contributed by atoms with Crippen molar-refractivity contribution in [1.29, 1.82) is 0 Å². The smallest absolute Gasteiger partial charge is 0.331 e. The van der Waals surface area contributed by atoms with Gasteiger partial charge in [0.15, 0.2) is 0 Å². The summed E-state index contributed by atoms with van der Waals surface area (Å²) in [5.74, 6) is 0.604. The van der Waals surface area contributed by atoms with Crippen molar-refractivity contribution in [1.82, 2.24) is 0 Å². The van der Waals surface area contributed by atoms with Crippen LogP contribution in [-0.4, -0.2) is 31.7 Å². The molecule has 3 nitrogen and oxygen atoms in total. The Balaban J connectivity index is 3.93. The highest BCUT2D eigenvalue weighted by Crippen LogP contribution is 2.21. The molecule has 0 amide bonds. The fourth-order valence-electron chi connectivity index (χ4n) is 2.10. The van der Waals surface area contributed by atoms with E-state index < -0.39 is 26.4 Å². The van der Waals surface area contributed by atoms with Gasteiger partial charge in [-0.15, -0.1) is 3.89 Å². The van der Waals surface area contributed by atoms with Gasteiger partial charge in [0.05, 0.1) is 28.2 Å². The maximum absolute atomic E-state index is 13.9. The zero-order chi connectivity index (χ0) is 15.9. The SMILES string of the molecule is COc1cc([Si](C)(C)C)c(S(=O)(=O)F)c([Si](C)(C)C)c1. The van der Waals surface area contributed by atoms with Crippen LogP contribution >= 0.6 is 0 Å². The second-order valence-corrected chi connectivity index (χ2v) is 18.4. The Morgan fingerprint density at radius 1 is 0.950 bits per heavy atom. The Morgan fingerprint density at radius 3 is 1.50 bits per heavy atom. The number of halogens is 1. The molecule has 0 saturated heterocycles. The van der Waals surface area contributed by atoms with Gasteiger partial charge in [0.25, 0.3) is 0 Å². The van der Waals surface area contributed by atoms with E-state index in [9.17, 15) is 12.3 Å². The van der Waals surface area contributed by atoms with Crippen LogP contribution in [0, 0.1) is 0 Å². The van der Waals surface area contributed by atoms with Crippen molar-refractivity contribution in [2.24, 2.45) is 0 Å². The van der Waals surface area contributed by atoms with Crippen molar-refractivity contribution < 1.29 is 17.0 Å². The normalized spacial score (nSPS) is 13.4. The van der Waals surface area contributed by atoms with E-state index in [1.165, 1.54) is 0 Å². The van der Waals surface area contributed by atoms with Gasteiger partial charge in [-0.2, -0.15) is 8.42 Å². The third-order valence-corrected chi connectivity index (χ3v) is 8.47. The molecule has 0 unspecified atom stereocenters. The first-order valence-electron chi connectivity index (χ1n) is 6.46. The van der Waals surface area contributed by atoms with Crippen LogP contribution in [0.25, 0.3) is 0 Å². The summed E-state index contributed by atoms with van der Waals surface area (Å²) in [7, 11) is -7.24. The van der Waals surface area contributed by atoms with E-state index in [4.69, 9.17) is 4.74 Å². The Kier molecular flexibility index (Phi) is 4.58. The summed E-state index contributed by atoms with van der Waals surface area (Å²) in [5.41, 5.74) is 0. The summed E-state index contributed by atoms with van der Waals surface area (Å²) >= 11 is 0. The lowest BCUT2D eigenvalue weighted by Gasteiger charge is -2.27. The molecule has 0 fully saturated rings. The molecule has 1 rings (SSSR count). The predicted molar refractivity (Wildman–Crippen MR) is 87.2 cm³/mol. The Bertz CT molecular complexity index is 578. The maximum atomic E-state index is 13.9. The van der Waals surface area contributed by atoms with Gasteiger partial charge in [-0.1, -0.05) is 39.3 Å². The Hall–Kier alpha value is -0.666. The van der Waals surface area contributed by atoms with Crippen molar-refractivity contribution in [2.75, 3.05) is 7.11 Å². The van der Waals surface area contributed by atoms with Gasteiger partial charge >= 0.3 is 10.2 Å². The van der Waals surface area contributed by atoms with Crippen LogP contribution in [0.1, 0.15) is 0 Å². The van der Waals surface area contributed by atoms with E-state index in [1.807, 2.05) is 39.3 Å². The number of hydrogen-bond donors (Lipinski definition) is 0. The Morgan fingerprint density at radius 2 is 1.30 bits per heavy atom. The number of benzene rings is 1. The third-order valence-electron chi connectivity index (χ3n) is 3.16. The molecular formula is C13H23FO3SSi2. The number of rotatable bonds is 4. The van der Waals surface area contributed by atoms with Gasteiger partial charge in [-0.05, 0) is 22.5 Å². The van der Waals surface area contributed by atoms with Gasteiger partial charge in [0.2, 0.25) is 0 Å². The van der Waals surface area contributed by atoms with E-state index >= 15 is 0 Å². The largest absolute Gasteiger partial charge is 0.497 e. The molecule has 0 spiro atoms. The minimum absolute atomic E-state index is 0.100. The molecule has 0 saturated carbocycles. The number of methoxy groups -OCH3 is 1. The monoisotopic (exact) mass is 334 g/mol. The molecule has 0 heterocycles. The molecule has 20 heavy (non-hydrogen) atoms. The highest BCUT2D eigenvalue weighted by atomic mass is 32.3. The van der Waals surface area contributed by atoms with Gasteiger partial charge in [0.1, 0.15) is 5.75 Å². The average molecular weight is 335 g/mol. The van der Waals surface area contributed by atoms with Crippen molar-refractivity contribution in [2.45, 2.75) is 44.2 Å². The lowest BCUT2D eigenvalue weighted by Crippen LogP contribution is -2.49. The minimum Gasteiger partial charge on any atom is -0.497 e. The molecule has 0 aromatic heterocycles. The summed E-state index contributed by atoms with van der Waals surface area (Å²) in [5, 5.41) is 1.22. The molecule has 0 radical (unpaired) electrons. The minimum atomic E-state index is -4.74. The van der Waals surface area contributed by atoms with E-state index in [0.717, 1.165) is 0 Å². The predicted octanol–water partition coefficient (Wildman–Crippen LogP) is 2.44. The fourth-order valence-corrected chi connectivity index (χ4v) is 8.22. The fraction of sp³-hybridized carbons (Fsp3) is 0.538. The second-order valence-electron chi connectivity index (χ2n) is 6.99. The van der Waals surface area contributed by atoms with Gasteiger partial charge < -0.3 is 4.74 Å². The average Bonchev–Trinajstić information content (AvgIpc) is 2.23. The van der Waals surface area contributed by atoms with Crippen molar-refractivity contribution in [3.8, 4) is 5.75 Å². The van der Waals surface area contributed by atoms with Crippen LogP contribution in [0.4, 0.5) is 3.89 Å². The van der Waals surface area contributed by atoms with Crippen LogP contribution in [-0.2, 0) is 10.2 Å². The first-order valence-corrected chi connectivity index (χ1v) is 14.8. The summed E-state index contributed by atoms with van der Waals surface area (Å²) in [6.07, 6.45) is 0. The molecule has 1 aromatic rings. The van der Waals surface area contributed by atoms with E-state index in [0.29, 0.717) is 16.1 Å². The van der Waals surface area contributed by atoms with Crippen LogP contribution in [0.15, 0.2) is 17.0 Å². The zero-order valence-corrected chi connectivity index (χ0v) is 16.0. The quantitative estimate of drug-likeness (QED) is 0.627. The maximum Gasteiger partial charge on any atom is 0.331 e. The molecule has 0 aliphatic heterocycles. The van der Waals surface area contributed by atoms with Crippen molar-refractivity contribution >= 4 is 36.7 Å². The standard InChI is InChI=1S/C13H23FO3SSi2/c1-17-10-8-11(19(2,3)4)13(18(14,15)16)12(9-10)20(5,6)7/h8-9H,1-7H3. The van der Waals surface area contributed by atoms with Gasteiger partial charge in [-0.3, -0.25) is 0 Å². The highest BCUT2D eigenvalue weighted by Gasteiger charge is 2.34. The summed E-state index contributed by atoms with van der Waals surface area (Å²) < 4.78 is 42.6. The molecule has 0 aliphatic rings. The molecule has 1 aromatic carbocycles. The lowest BCUT2D eigenvalue weighted by molar-refractivity contribution is 0.415. The third kappa shape index (κ3) is 3.70. The molecule has 0 N–H and O–H groups in total. The van der Waals surface area contributed by atoms with E-state index in [2.05, 4.69) is 0 Å². The summed E-state index contributed by atoms with van der Waals surface area (Å²) in [6.45, 7) is 12.0. The van der Waals surface area contributed by atoms with Crippen LogP contribution < -0.4 is 15.1 Å². The lowest BCUT2D eigenvalue weighted by atomic mass is 10.3. The topological polar surface area (TPSA) is 43.4 Å². The first kappa shape index (κ1) is 17.4. The number of ether oxygens (including phenoxy) is 1. The number of hydrogen-bond acceptors (Lipinski definition) is 3. The molecule has 0 bridgehead atoms. The first-order chi connectivity index (χ1) is 8.78. The molecule has 0 atom stereocenters.